The fourth-order valence-corrected chi connectivity index (χ4v) is 1.13. The Morgan fingerprint density at radius 3 is 2.82 bits per heavy atom. The molecule has 2 aromatic heterocycles. The van der Waals surface area contributed by atoms with Crippen molar-refractivity contribution >= 4 is 22.5 Å². The minimum Gasteiger partial charge on any atom is -0.425 e. The molecule has 0 aliphatic rings. The van der Waals surface area contributed by atoms with Crippen LogP contribution in [0.3, 0.4) is 0 Å². The normalized spacial score (nSPS) is 10.9. The van der Waals surface area contributed by atoms with Crippen molar-refractivity contribution < 1.29 is 5.21 Å². The van der Waals surface area contributed by atoms with Gasteiger partial charge in [0, 0.05) is 11.6 Å². The summed E-state index contributed by atoms with van der Waals surface area (Å²) < 4.78 is 0.838. The third-order valence-electron chi connectivity index (χ3n) is 1.73. The van der Waals surface area contributed by atoms with Crippen LogP contribution in [0.4, 0.5) is 11.5 Å². The van der Waals surface area contributed by atoms with E-state index in [-0.39, 0.29) is 5.82 Å². The number of nitrogens with zero attached hydrogens (tertiary/aromatic N) is 1. The Kier molecular flexibility index (Phi) is 0.883. The third-order valence-corrected chi connectivity index (χ3v) is 1.73. The maximum Gasteiger partial charge on any atom is 0.165 e. The summed E-state index contributed by atoms with van der Waals surface area (Å²) in [6, 6.07) is 1.76. The summed E-state index contributed by atoms with van der Waals surface area (Å²) in [5.74, 6) is 0.173. The first-order valence-corrected chi connectivity index (χ1v) is 3.14. The maximum atomic E-state index is 9.25. The van der Waals surface area contributed by atoms with Crippen LogP contribution in [-0.4, -0.2) is 14.9 Å². The monoisotopic (exact) mass is 152 g/mol. The van der Waals surface area contributed by atoms with Gasteiger partial charge in [0.15, 0.2) is 11.5 Å². The highest BCUT2D eigenvalue weighted by molar-refractivity contribution is 5.96. The topological polar surface area (TPSA) is 93.0 Å². The van der Waals surface area contributed by atoms with Crippen molar-refractivity contribution in [3.63, 3.8) is 0 Å². The lowest BCUT2D eigenvalue weighted by Crippen LogP contribution is -1.99. The second kappa shape index (κ2) is 1.63. The van der Waals surface area contributed by atoms with Gasteiger partial charge < -0.3 is 21.7 Å². The number of rotatable bonds is 0. The number of hydrogen-bond acceptors (Lipinski definition) is 3. The Balaban J connectivity index is 3.00. The molecule has 0 bridgehead atoms. The first-order chi connectivity index (χ1) is 5.22. The van der Waals surface area contributed by atoms with Crippen LogP contribution in [0.2, 0.25) is 0 Å². The molecule has 0 radical (unpaired) electrons. The molecule has 6 N–H and O–H groups in total. The van der Waals surface area contributed by atoms with Gasteiger partial charge in [0.2, 0.25) is 0 Å². The van der Waals surface area contributed by atoms with Gasteiger partial charge >= 0.3 is 0 Å². The molecule has 0 atom stereocenters. The highest BCUT2D eigenvalue weighted by atomic mass is 16.5. The summed E-state index contributed by atoms with van der Waals surface area (Å²) in [4.78, 5) is 2.80. The van der Waals surface area contributed by atoms with Gasteiger partial charge in [0.05, 0.1) is 5.69 Å². The van der Waals surface area contributed by atoms with E-state index in [4.69, 9.17) is 11.5 Å². The number of H-pyrrole nitrogens is 1. The summed E-state index contributed by atoms with van der Waals surface area (Å²) in [6.45, 7) is 0. The van der Waals surface area contributed by atoms with Crippen molar-refractivity contribution in [3.05, 3.63) is 12.3 Å². The van der Waals surface area contributed by atoms with Gasteiger partial charge in [-0.1, -0.05) is 0 Å². The number of anilines is 2. The smallest absolute Gasteiger partial charge is 0.165 e. The van der Waals surface area contributed by atoms with Gasteiger partial charge in [-0.2, -0.15) is 4.73 Å². The molecular weight excluding hydrogens is 144 g/mol. The molecule has 0 spiro atoms. The quantitative estimate of drug-likeness (QED) is 0.411. The van der Waals surface area contributed by atoms with Crippen LogP contribution in [-0.2, 0) is 0 Å². The number of aromatic amines is 1. The zero-order valence-corrected chi connectivity index (χ0v) is 5.70. The molecule has 0 saturated carbocycles. The average molecular weight is 152 g/mol. The molecule has 0 unspecified atom stereocenters. The number of fused-ring (bicyclic) bond motifs is 1. The Labute approximate surface area is 62.2 Å². The minimum atomic E-state index is 0.173. The van der Waals surface area contributed by atoms with Crippen molar-refractivity contribution in [2.75, 3.05) is 11.5 Å². The van der Waals surface area contributed by atoms with Crippen molar-refractivity contribution in [2.45, 2.75) is 0 Å². The summed E-state index contributed by atoms with van der Waals surface area (Å²) in [5.41, 5.74) is 11.9. The van der Waals surface area contributed by atoms with Gasteiger partial charge in [0.1, 0.15) is 0 Å². The van der Waals surface area contributed by atoms with E-state index in [9.17, 15) is 5.21 Å². The van der Waals surface area contributed by atoms with E-state index in [1.165, 1.54) is 0 Å². The second-order valence-electron chi connectivity index (χ2n) is 2.35. The number of nitrogens with two attached hydrogens (primary N) is 2. The minimum absolute atomic E-state index is 0.173. The van der Waals surface area contributed by atoms with E-state index >= 15 is 0 Å². The summed E-state index contributed by atoms with van der Waals surface area (Å²) in [6.07, 6.45) is 1.69. The molecular formula is C6H8N4O. The van der Waals surface area contributed by atoms with Crippen LogP contribution >= 0.6 is 0 Å². The molecule has 0 saturated heterocycles. The largest absolute Gasteiger partial charge is 0.425 e. The standard InChI is InChI=1S/C6H8N4O/c7-4-3-1-2-9-6(3)10(11)5(4)8/h1-2,9,11H,7-8H2. The lowest BCUT2D eigenvalue weighted by molar-refractivity contribution is 0.205. The van der Waals surface area contributed by atoms with E-state index in [0.717, 1.165) is 10.1 Å². The maximum absolute atomic E-state index is 9.25. The van der Waals surface area contributed by atoms with E-state index in [1.54, 1.807) is 12.3 Å². The van der Waals surface area contributed by atoms with Gasteiger partial charge in [-0.15, -0.1) is 0 Å². The number of aromatic nitrogens is 2. The van der Waals surface area contributed by atoms with Crippen LogP contribution < -0.4 is 11.5 Å². The first kappa shape index (κ1) is 5.96. The predicted octanol–water partition coefficient (Wildman–Crippen LogP) is 0.371. The summed E-state index contributed by atoms with van der Waals surface area (Å²) >= 11 is 0. The van der Waals surface area contributed by atoms with E-state index < -0.39 is 0 Å². The lowest BCUT2D eigenvalue weighted by atomic mass is 10.3. The number of nitrogens with one attached hydrogen (secondary N) is 1. The van der Waals surface area contributed by atoms with Gasteiger partial charge in [0.25, 0.3) is 0 Å². The Bertz CT molecular complexity index is 365. The molecule has 2 aromatic rings. The molecule has 2 rings (SSSR count). The van der Waals surface area contributed by atoms with E-state index in [0.29, 0.717) is 11.3 Å². The van der Waals surface area contributed by atoms with Crippen LogP contribution in [0.25, 0.3) is 11.0 Å². The number of nitrogen functional groups attached to an aromatic ring is 2. The van der Waals surface area contributed by atoms with Crippen LogP contribution in [0, 0.1) is 0 Å². The van der Waals surface area contributed by atoms with Crippen molar-refractivity contribution in [1.82, 2.24) is 9.71 Å². The molecule has 58 valence electrons. The molecule has 0 aliphatic carbocycles. The molecule has 0 aromatic carbocycles. The van der Waals surface area contributed by atoms with Gasteiger partial charge in [-0.3, -0.25) is 0 Å². The molecule has 5 heteroatoms. The summed E-state index contributed by atoms with van der Waals surface area (Å²) in [5, 5.41) is 9.99. The van der Waals surface area contributed by atoms with Crippen LogP contribution in [0.5, 0.6) is 0 Å². The zero-order valence-electron chi connectivity index (χ0n) is 5.70. The Morgan fingerprint density at radius 1 is 1.45 bits per heavy atom. The molecule has 11 heavy (non-hydrogen) atoms. The number of hydrogen-bond donors (Lipinski definition) is 4. The molecule has 0 amide bonds. The lowest BCUT2D eigenvalue weighted by Gasteiger charge is -1.94. The fourth-order valence-electron chi connectivity index (χ4n) is 1.13. The second-order valence-corrected chi connectivity index (χ2v) is 2.35. The Hall–Kier alpha value is -1.78. The summed E-state index contributed by atoms with van der Waals surface area (Å²) in [7, 11) is 0. The van der Waals surface area contributed by atoms with Crippen LogP contribution in [0.1, 0.15) is 0 Å². The van der Waals surface area contributed by atoms with Gasteiger partial charge in [-0.25, -0.2) is 0 Å². The van der Waals surface area contributed by atoms with Crippen molar-refractivity contribution in [1.29, 1.82) is 0 Å². The molecule has 2 heterocycles. The SMILES string of the molecule is Nc1c(N)n(O)c2[nH]ccc12. The zero-order chi connectivity index (χ0) is 8.01. The highest BCUT2D eigenvalue weighted by Crippen LogP contribution is 2.27. The van der Waals surface area contributed by atoms with Crippen molar-refractivity contribution in [3.8, 4) is 0 Å². The van der Waals surface area contributed by atoms with Crippen molar-refractivity contribution in [2.24, 2.45) is 0 Å². The third kappa shape index (κ3) is 0.542. The van der Waals surface area contributed by atoms with E-state index in [1.807, 2.05) is 0 Å². The Morgan fingerprint density at radius 2 is 2.18 bits per heavy atom. The molecule has 0 aliphatic heterocycles. The molecule has 0 fully saturated rings. The van der Waals surface area contributed by atoms with Gasteiger partial charge in [-0.05, 0) is 6.07 Å². The molecule has 5 nitrogen and oxygen atoms in total. The first-order valence-electron chi connectivity index (χ1n) is 3.14. The highest BCUT2D eigenvalue weighted by Gasteiger charge is 2.11. The predicted molar refractivity (Wildman–Crippen MR) is 42.3 cm³/mol. The fraction of sp³-hybridized carbons (Fsp3) is 0. The van der Waals surface area contributed by atoms with E-state index in [2.05, 4.69) is 4.98 Å². The average Bonchev–Trinajstić information content (AvgIpc) is 2.53. The van der Waals surface area contributed by atoms with Crippen LogP contribution in [0.15, 0.2) is 12.3 Å².